The Balaban J connectivity index is 1.33. The molecule has 9 heteroatoms. The van der Waals surface area contributed by atoms with Gasteiger partial charge in [-0.25, -0.2) is 0 Å². The molecule has 188 valence electrons. The summed E-state index contributed by atoms with van der Waals surface area (Å²) in [4.78, 5) is 0. The lowest BCUT2D eigenvalue weighted by atomic mass is 10.0. The predicted octanol–water partition coefficient (Wildman–Crippen LogP) is 6.66. The van der Waals surface area contributed by atoms with E-state index in [9.17, 15) is 0 Å². The van der Waals surface area contributed by atoms with Crippen molar-refractivity contribution in [2.45, 2.75) is 43.3 Å². The van der Waals surface area contributed by atoms with Crippen LogP contribution in [0.1, 0.15) is 35.6 Å². The zero-order valence-corrected chi connectivity index (χ0v) is 21.2. The Morgan fingerprint density at radius 3 is 1.31 bits per heavy atom. The highest BCUT2D eigenvalue weighted by molar-refractivity contribution is 6.32. The molecule has 6 rings (SSSR count). The molecule has 3 aliphatic heterocycles. The van der Waals surface area contributed by atoms with Crippen molar-refractivity contribution in [1.82, 2.24) is 0 Å². The molecule has 3 unspecified atom stereocenters. The number of hydrogen-bond donors (Lipinski definition) is 0. The highest BCUT2D eigenvalue weighted by atomic mass is 35.5. The first kappa shape index (κ1) is 24.6. The SMILES string of the molecule is Clc1ccccc1C1OC[C@@H]2OC(c3ccccc3Cl)OC[C@H]3OC(c4ccccc4Cl)O[C@H]3[C@@H]2O1. The molecule has 0 amide bonds. The maximum absolute atomic E-state index is 6.48. The summed E-state index contributed by atoms with van der Waals surface area (Å²) in [5.41, 5.74) is 2.18. The summed E-state index contributed by atoms with van der Waals surface area (Å²) in [6.07, 6.45) is -4.11. The Kier molecular flexibility index (Phi) is 7.23. The first-order valence-electron chi connectivity index (χ1n) is 11.7. The average molecular weight is 550 g/mol. The van der Waals surface area contributed by atoms with Gasteiger partial charge in [0.05, 0.1) is 13.2 Å². The molecule has 6 nitrogen and oxygen atoms in total. The van der Waals surface area contributed by atoms with Crippen LogP contribution in [0.2, 0.25) is 15.1 Å². The van der Waals surface area contributed by atoms with Crippen LogP contribution in [0.15, 0.2) is 72.8 Å². The summed E-state index contributed by atoms with van der Waals surface area (Å²) in [6.45, 7) is 0.430. The molecule has 3 heterocycles. The fraction of sp³-hybridized carbons (Fsp3) is 0.333. The van der Waals surface area contributed by atoms with Gasteiger partial charge in [-0.3, -0.25) is 0 Å². The second-order valence-electron chi connectivity index (χ2n) is 8.78. The summed E-state index contributed by atoms with van der Waals surface area (Å²) in [5.74, 6) is 0. The summed E-state index contributed by atoms with van der Waals surface area (Å²) >= 11 is 19.4. The molecule has 0 saturated carbocycles. The summed E-state index contributed by atoms with van der Waals surface area (Å²) in [5, 5.41) is 1.65. The van der Waals surface area contributed by atoms with Gasteiger partial charge in [-0.05, 0) is 18.2 Å². The lowest BCUT2D eigenvalue weighted by molar-refractivity contribution is -0.324. The van der Waals surface area contributed by atoms with Gasteiger partial charge in [0.25, 0.3) is 0 Å². The molecule has 0 spiro atoms. The van der Waals surface area contributed by atoms with Gasteiger partial charge >= 0.3 is 0 Å². The first-order chi connectivity index (χ1) is 17.6. The van der Waals surface area contributed by atoms with Gasteiger partial charge in [-0.1, -0.05) is 89.4 Å². The molecule has 3 fully saturated rings. The van der Waals surface area contributed by atoms with E-state index in [4.69, 9.17) is 63.2 Å². The Labute approximate surface area is 223 Å². The second kappa shape index (κ2) is 10.6. The Bertz CT molecular complexity index is 1180. The van der Waals surface area contributed by atoms with Crippen molar-refractivity contribution >= 4 is 34.8 Å². The molecular formula is C27H23Cl3O6. The molecule has 0 aliphatic carbocycles. The third kappa shape index (κ3) is 4.78. The second-order valence-corrected chi connectivity index (χ2v) is 10.00. The summed E-state index contributed by atoms with van der Waals surface area (Å²) in [6, 6.07) is 22.3. The number of halogens is 3. The van der Waals surface area contributed by atoms with E-state index in [-0.39, 0.29) is 13.2 Å². The van der Waals surface area contributed by atoms with Crippen molar-refractivity contribution < 1.29 is 28.4 Å². The molecule has 3 aromatic rings. The van der Waals surface area contributed by atoms with Crippen molar-refractivity contribution in [2.75, 3.05) is 13.2 Å². The molecule has 3 saturated heterocycles. The normalized spacial score (nSPS) is 32.2. The summed E-state index contributed by atoms with van der Waals surface area (Å²) in [7, 11) is 0. The maximum atomic E-state index is 6.48. The third-order valence-electron chi connectivity index (χ3n) is 6.52. The Hall–Kier alpha value is -1.71. The molecular weight excluding hydrogens is 527 g/mol. The van der Waals surface area contributed by atoms with Crippen LogP contribution in [-0.2, 0) is 28.4 Å². The minimum absolute atomic E-state index is 0.200. The highest BCUT2D eigenvalue weighted by Gasteiger charge is 2.51. The van der Waals surface area contributed by atoms with E-state index >= 15 is 0 Å². The van der Waals surface area contributed by atoms with Gasteiger partial charge < -0.3 is 28.4 Å². The average Bonchev–Trinajstić information content (AvgIpc) is 3.30. The van der Waals surface area contributed by atoms with Crippen LogP contribution in [0.25, 0.3) is 0 Å². The van der Waals surface area contributed by atoms with Crippen LogP contribution in [0.3, 0.4) is 0 Å². The minimum atomic E-state index is -0.737. The zero-order valence-electron chi connectivity index (χ0n) is 19.0. The number of ether oxygens (including phenoxy) is 6. The van der Waals surface area contributed by atoms with Gasteiger partial charge in [0.2, 0.25) is 0 Å². The molecule has 7 atom stereocenters. The molecule has 0 aromatic heterocycles. The number of benzene rings is 3. The fourth-order valence-corrected chi connectivity index (χ4v) is 5.40. The van der Waals surface area contributed by atoms with Gasteiger partial charge in [0.1, 0.15) is 24.4 Å². The van der Waals surface area contributed by atoms with Crippen LogP contribution in [0.5, 0.6) is 0 Å². The topological polar surface area (TPSA) is 55.4 Å². The number of rotatable bonds is 3. The van der Waals surface area contributed by atoms with E-state index in [2.05, 4.69) is 0 Å². The van der Waals surface area contributed by atoms with Gasteiger partial charge in [0, 0.05) is 31.8 Å². The molecule has 0 N–H and O–H groups in total. The first-order valence-corrected chi connectivity index (χ1v) is 12.8. The fourth-order valence-electron chi connectivity index (χ4n) is 4.73. The monoisotopic (exact) mass is 548 g/mol. The predicted molar refractivity (Wildman–Crippen MR) is 134 cm³/mol. The zero-order chi connectivity index (χ0) is 24.6. The Morgan fingerprint density at radius 1 is 0.472 bits per heavy atom. The number of fused-ring (bicyclic) bond motifs is 3. The van der Waals surface area contributed by atoms with Crippen molar-refractivity contribution in [3.63, 3.8) is 0 Å². The van der Waals surface area contributed by atoms with Crippen molar-refractivity contribution in [3.8, 4) is 0 Å². The lowest BCUT2D eigenvalue weighted by Gasteiger charge is -2.42. The van der Waals surface area contributed by atoms with E-state index < -0.39 is 43.3 Å². The quantitative estimate of drug-likeness (QED) is 0.364. The molecule has 0 bridgehead atoms. The molecule has 3 aliphatic rings. The van der Waals surface area contributed by atoms with Gasteiger partial charge in [-0.2, -0.15) is 0 Å². The van der Waals surface area contributed by atoms with Crippen LogP contribution < -0.4 is 0 Å². The third-order valence-corrected chi connectivity index (χ3v) is 7.55. The highest BCUT2D eigenvalue weighted by Crippen LogP contribution is 2.44. The van der Waals surface area contributed by atoms with Gasteiger partial charge in [-0.15, -0.1) is 0 Å². The van der Waals surface area contributed by atoms with E-state index in [1.165, 1.54) is 0 Å². The van der Waals surface area contributed by atoms with Crippen LogP contribution in [-0.4, -0.2) is 37.6 Å². The van der Waals surface area contributed by atoms with E-state index in [0.29, 0.717) is 20.6 Å². The molecule has 0 radical (unpaired) electrons. The lowest BCUT2D eigenvalue weighted by Crippen LogP contribution is -2.54. The minimum Gasteiger partial charge on any atom is -0.346 e. The van der Waals surface area contributed by atoms with Crippen LogP contribution >= 0.6 is 34.8 Å². The Morgan fingerprint density at radius 2 is 0.833 bits per heavy atom. The van der Waals surface area contributed by atoms with Gasteiger partial charge in [0.15, 0.2) is 18.9 Å². The number of hydrogen-bond acceptors (Lipinski definition) is 6. The van der Waals surface area contributed by atoms with Crippen LogP contribution in [0.4, 0.5) is 0 Å². The van der Waals surface area contributed by atoms with E-state index in [0.717, 1.165) is 11.1 Å². The standard InChI is InChI=1S/C27H23Cl3O6/c28-18-10-4-1-7-15(18)25-31-14-22-24(36-27(34-22)17-9-3-6-12-20(17)30)23-21(33-25)13-32-26(35-23)16-8-2-5-11-19(16)29/h1-12,21-27H,13-14H2/t21-,22+,23+,24+,25?,26?,27?/m0/s1. The van der Waals surface area contributed by atoms with Crippen LogP contribution in [0, 0.1) is 0 Å². The van der Waals surface area contributed by atoms with E-state index in [1.54, 1.807) is 18.2 Å². The van der Waals surface area contributed by atoms with Crippen molar-refractivity contribution in [3.05, 3.63) is 105 Å². The smallest absolute Gasteiger partial charge is 0.186 e. The molecule has 36 heavy (non-hydrogen) atoms. The molecule has 3 aromatic carbocycles. The maximum Gasteiger partial charge on any atom is 0.186 e. The van der Waals surface area contributed by atoms with E-state index in [1.807, 2.05) is 54.6 Å². The summed E-state index contributed by atoms with van der Waals surface area (Å²) < 4.78 is 37.9. The van der Waals surface area contributed by atoms with Crippen molar-refractivity contribution in [1.29, 1.82) is 0 Å². The largest absolute Gasteiger partial charge is 0.346 e. The van der Waals surface area contributed by atoms with Crippen molar-refractivity contribution in [2.24, 2.45) is 0 Å².